The van der Waals surface area contributed by atoms with Gasteiger partial charge in [-0.25, -0.2) is 4.79 Å². The number of rotatable bonds is 9. The normalized spacial score (nSPS) is 19.1. The summed E-state index contributed by atoms with van der Waals surface area (Å²) in [4.78, 5) is 15.4. The number of ether oxygens (including phenoxy) is 3. The van der Waals surface area contributed by atoms with E-state index >= 15 is 0 Å². The molecule has 1 aliphatic rings. The molecule has 0 aliphatic carbocycles. The van der Waals surface area contributed by atoms with E-state index in [2.05, 4.69) is 69.3 Å². The molecule has 0 unspecified atom stereocenters. The van der Waals surface area contributed by atoms with Crippen LogP contribution in [0.1, 0.15) is 61.0 Å². The Hall–Kier alpha value is -2.97. The minimum atomic E-state index is -2.86. The van der Waals surface area contributed by atoms with Crippen molar-refractivity contribution in [2.24, 2.45) is 0 Å². The number of hydrogen-bond donors (Lipinski definition) is 0. The highest BCUT2D eigenvalue weighted by molar-refractivity contribution is 6.99. The van der Waals surface area contributed by atoms with E-state index in [0.29, 0.717) is 13.2 Å². The fourth-order valence-corrected chi connectivity index (χ4v) is 10.5. The monoisotopic (exact) mass is 589 g/mol. The van der Waals surface area contributed by atoms with Gasteiger partial charge in [0.15, 0.2) is 0 Å². The van der Waals surface area contributed by atoms with Crippen molar-refractivity contribution >= 4 is 24.8 Å². The highest BCUT2D eigenvalue weighted by Gasteiger charge is 2.55. The molecule has 0 radical (unpaired) electrons. The second-order valence-electron chi connectivity index (χ2n) is 13.5. The van der Waals surface area contributed by atoms with Gasteiger partial charge in [-0.05, 0) is 55.6 Å². The maximum Gasteiger partial charge on any atom is 0.412 e. The Morgan fingerprint density at radius 1 is 0.810 bits per heavy atom. The van der Waals surface area contributed by atoms with Crippen molar-refractivity contribution in [3.63, 3.8) is 0 Å². The van der Waals surface area contributed by atoms with Crippen molar-refractivity contribution in [1.82, 2.24) is 4.90 Å². The van der Waals surface area contributed by atoms with Crippen LogP contribution < -0.4 is 10.4 Å². The van der Waals surface area contributed by atoms with E-state index < -0.39 is 37.9 Å². The molecule has 1 heterocycles. The van der Waals surface area contributed by atoms with Gasteiger partial charge in [-0.1, -0.05) is 112 Å². The highest BCUT2D eigenvalue weighted by Crippen LogP contribution is 2.39. The molecule has 0 spiro atoms. The minimum absolute atomic E-state index is 0.208. The van der Waals surface area contributed by atoms with Gasteiger partial charge in [0.05, 0.1) is 25.9 Å². The third-order valence-electron chi connectivity index (χ3n) is 7.65. The standard InChI is InChI=1S/C35H47NO5Si/c1-33(2,3)41-32(37)36-30(31(40-35(36,7)8)26-38-24-27-18-12-9-13-19-27)25-39-42(34(4,5)6,28-20-14-10-15-21-28)29-22-16-11-17-23-29/h9-23,30-31H,24-26H2,1-8H3/t30-,31+/m0/s1. The first-order valence-electron chi connectivity index (χ1n) is 14.8. The largest absolute Gasteiger partial charge is 0.444 e. The summed E-state index contributed by atoms with van der Waals surface area (Å²) in [6.45, 7) is 17.2. The molecule has 3 aromatic rings. The molecule has 0 N–H and O–H groups in total. The van der Waals surface area contributed by atoms with Crippen LogP contribution in [0, 0.1) is 0 Å². The summed E-state index contributed by atoms with van der Waals surface area (Å²) in [5.41, 5.74) is -0.486. The lowest BCUT2D eigenvalue weighted by Crippen LogP contribution is -2.67. The lowest BCUT2D eigenvalue weighted by molar-refractivity contribution is -0.0939. The number of carbonyl (C=O) groups excluding carboxylic acids is 1. The van der Waals surface area contributed by atoms with Crippen molar-refractivity contribution in [3.8, 4) is 0 Å². The molecule has 4 rings (SSSR count). The molecule has 0 bridgehead atoms. The molecule has 2 atom stereocenters. The van der Waals surface area contributed by atoms with Crippen molar-refractivity contribution < 1.29 is 23.4 Å². The number of benzene rings is 3. The van der Waals surface area contributed by atoms with Crippen molar-refractivity contribution in [2.75, 3.05) is 13.2 Å². The van der Waals surface area contributed by atoms with E-state index in [1.165, 1.54) is 10.4 Å². The van der Waals surface area contributed by atoms with Gasteiger partial charge in [0.25, 0.3) is 8.32 Å². The molecule has 6 nitrogen and oxygen atoms in total. The van der Waals surface area contributed by atoms with Crippen LogP contribution in [0.25, 0.3) is 0 Å². The van der Waals surface area contributed by atoms with Crippen LogP contribution in [0.5, 0.6) is 0 Å². The number of amides is 1. The molecule has 1 aliphatic heterocycles. The fraction of sp³-hybridized carbons (Fsp3) is 0.457. The molecular formula is C35H47NO5Si. The molecule has 1 fully saturated rings. The predicted molar refractivity (Wildman–Crippen MR) is 170 cm³/mol. The van der Waals surface area contributed by atoms with E-state index in [-0.39, 0.29) is 11.6 Å². The topological polar surface area (TPSA) is 57.2 Å². The average Bonchev–Trinajstić information content (AvgIpc) is 3.18. The van der Waals surface area contributed by atoms with E-state index in [9.17, 15) is 4.79 Å². The summed E-state index contributed by atoms with van der Waals surface area (Å²) in [5, 5.41) is 2.16. The first-order valence-corrected chi connectivity index (χ1v) is 16.7. The quantitative estimate of drug-likeness (QED) is 0.266. The smallest absolute Gasteiger partial charge is 0.412 e. The zero-order chi connectivity index (χ0) is 30.6. The van der Waals surface area contributed by atoms with Gasteiger partial charge in [0.1, 0.15) is 17.4 Å². The zero-order valence-corrected chi connectivity index (χ0v) is 27.4. The molecule has 226 valence electrons. The van der Waals surface area contributed by atoms with Crippen molar-refractivity contribution in [3.05, 3.63) is 96.6 Å². The van der Waals surface area contributed by atoms with E-state index in [1.807, 2.05) is 77.1 Å². The van der Waals surface area contributed by atoms with Gasteiger partial charge in [-0.15, -0.1) is 0 Å². The van der Waals surface area contributed by atoms with Gasteiger partial charge in [0.2, 0.25) is 0 Å². The molecule has 3 aromatic carbocycles. The van der Waals surface area contributed by atoms with E-state index in [1.54, 1.807) is 4.90 Å². The van der Waals surface area contributed by atoms with Crippen LogP contribution >= 0.6 is 0 Å². The van der Waals surface area contributed by atoms with Gasteiger partial charge < -0.3 is 18.6 Å². The Balaban J connectivity index is 1.71. The Kier molecular flexibility index (Phi) is 9.67. The van der Waals surface area contributed by atoms with Crippen LogP contribution in [0.2, 0.25) is 5.04 Å². The SMILES string of the molecule is CC(C)(C)OC(=O)N1[C@@H](CO[Si](c2ccccc2)(c2ccccc2)C(C)(C)C)[C@@H](COCc2ccccc2)OC1(C)C. The van der Waals surface area contributed by atoms with Crippen LogP contribution in [-0.2, 0) is 25.2 Å². The summed E-state index contributed by atoms with van der Waals surface area (Å²) in [6.07, 6.45) is -0.830. The number of carbonyl (C=O) groups is 1. The van der Waals surface area contributed by atoms with Gasteiger partial charge in [-0.3, -0.25) is 4.90 Å². The van der Waals surface area contributed by atoms with Crippen molar-refractivity contribution in [1.29, 1.82) is 0 Å². The molecule has 1 saturated heterocycles. The lowest BCUT2D eigenvalue weighted by Gasteiger charge is -2.44. The van der Waals surface area contributed by atoms with E-state index in [4.69, 9.17) is 18.6 Å². The first kappa shape index (κ1) is 32.0. The summed E-state index contributed by atoms with van der Waals surface area (Å²) in [6, 6.07) is 30.7. The first-order chi connectivity index (χ1) is 19.7. The summed E-state index contributed by atoms with van der Waals surface area (Å²) >= 11 is 0. The Morgan fingerprint density at radius 3 is 1.79 bits per heavy atom. The fourth-order valence-electron chi connectivity index (χ4n) is 5.90. The highest BCUT2D eigenvalue weighted by atomic mass is 28.4. The Bertz CT molecular complexity index is 1250. The van der Waals surface area contributed by atoms with Gasteiger partial charge in [0, 0.05) is 0 Å². The third-order valence-corrected chi connectivity index (χ3v) is 12.7. The number of hydrogen-bond acceptors (Lipinski definition) is 5. The second-order valence-corrected chi connectivity index (χ2v) is 17.8. The van der Waals surface area contributed by atoms with Crippen LogP contribution in [0.3, 0.4) is 0 Å². The molecule has 0 saturated carbocycles. The minimum Gasteiger partial charge on any atom is -0.444 e. The van der Waals surface area contributed by atoms with Gasteiger partial charge >= 0.3 is 6.09 Å². The molecular weight excluding hydrogens is 542 g/mol. The van der Waals surface area contributed by atoms with E-state index in [0.717, 1.165) is 5.56 Å². The summed E-state index contributed by atoms with van der Waals surface area (Å²) in [7, 11) is -2.86. The summed E-state index contributed by atoms with van der Waals surface area (Å²) < 4.78 is 25.9. The maximum absolute atomic E-state index is 13.7. The molecule has 0 aromatic heterocycles. The molecule has 1 amide bonds. The van der Waals surface area contributed by atoms with Crippen LogP contribution in [0.4, 0.5) is 4.79 Å². The summed E-state index contributed by atoms with van der Waals surface area (Å²) in [5.74, 6) is 0. The second kappa shape index (κ2) is 12.7. The maximum atomic E-state index is 13.7. The molecule has 7 heteroatoms. The number of nitrogens with zero attached hydrogens (tertiary/aromatic N) is 1. The third kappa shape index (κ3) is 7.14. The Labute approximate surface area is 253 Å². The zero-order valence-electron chi connectivity index (χ0n) is 26.4. The predicted octanol–water partition coefficient (Wildman–Crippen LogP) is 6.52. The lowest BCUT2D eigenvalue weighted by atomic mass is 10.1. The van der Waals surface area contributed by atoms with Crippen LogP contribution in [-0.4, -0.2) is 56.0 Å². The molecule has 42 heavy (non-hydrogen) atoms. The van der Waals surface area contributed by atoms with Crippen molar-refractivity contribution in [2.45, 2.75) is 90.5 Å². The Morgan fingerprint density at radius 2 is 1.31 bits per heavy atom. The average molecular weight is 590 g/mol. The van der Waals surface area contributed by atoms with Crippen LogP contribution in [0.15, 0.2) is 91.0 Å². The van der Waals surface area contributed by atoms with Gasteiger partial charge in [-0.2, -0.15) is 0 Å².